The molecule has 0 atom stereocenters. The molecule has 0 unspecified atom stereocenters. The van der Waals surface area contributed by atoms with Crippen LogP contribution in [0.5, 0.6) is 0 Å². The molecule has 1 heterocycles. The molecule has 2 N–H and O–H groups in total. The quantitative estimate of drug-likeness (QED) is 0.825. The Labute approximate surface area is 139 Å². The zero-order chi connectivity index (χ0) is 17.0. The Hall–Kier alpha value is -1.81. The van der Waals surface area contributed by atoms with Gasteiger partial charge in [-0.2, -0.15) is 17.4 Å². The summed E-state index contributed by atoms with van der Waals surface area (Å²) in [6.07, 6.45) is 0. The molecule has 1 aromatic carbocycles. The maximum Gasteiger partial charge on any atom is 0.279 e. The number of amides is 1. The predicted octanol–water partition coefficient (Wildman–Crippen LogP) is 1.66. The normalized spacial score (nSPS) is 11.7. The lowest BCUT2D eigenvalue weighted by Crippen LogP contribution is -2.35. The van der Waals surface area contributed by atoms with Crippen molar-refractivity contribution in [3.63, 3.8) is 0 Å². The van der Waals surface area contributed by atoms with Gasteiger partial charge in [-0.1, -0.05) is 12.1 Å². The van der Waals surface area contributed by atoms with Gasteiger partial charge in [0.25, 0.3) is 10.2 Å². The van der Waals surface area contributed by atoms with Crippen LogP contribution in [0.3, 0.4) is 0 Å². The second-order valence-electron chi connectivity index (χ2n) is 4.99. The molecule has 23 heavy (non-hydrogen) atoms. The van der Waals surface area contributed by atoms with Crippen molar-refractivity contribution in [2.75, 3.05) is 19.4 Å². The first-order chi connectivity index (χ1) is 10.8. The van der Waals surface area contributed by atoms with E-state index in [-0.39, 0.29) is 12.5 Å². The Bertz CT molecular complexity index is 783. The van der Waals surface area contributed by atoms with E-state index in [0.717, 1.165) is 21.2 Å². The number of hydrogen-bond acceptors (Lipinski definition) is 5. The van der Waals surface area contributed by atoms with Crippen LogP contribution in [-0.4, -0.2) is 37.7 Å². The first kappa shape index (κ1) is 17.5. The van der Waals surface area contributed by atoms with E-state index < -0.39 is 10.2 Å². The highest BCUT2D eigenvalue weighted by Gasteiger charge is 2.13. The fourth-order valence-corrected chi connectivity index (χ4v) is 3.15. The van der Waals surface area contributed by atoms with Crippen molar-refractivity contribution in [3.05, 3.63) is 34.7 Å². The van der Waals surface area contributed by atoms with E-state index in [9.17, 15) is 13.2 Å². The molecule has 2 aromatic rings. The number of rotatable bonds is 6. The number of thiazole rings is 1. The van der Waals surface area contributed by atoms with E-state index in [1.807, 2.05) is 17.5 Å². The number of carbonyl (C=O) groups is 1. The molecule has 0 aliphatic carbocycles. The van der Waals surface area contributed by atoms with Gasteiger partial charge >= 0.3 is 0 Å². The largest absolute Gasteiger partial charge is 0.326 e. The molecule has 0 bridgehead atoms. The van der Waals surface area contributed by atoms with Gasteiger partial charge in [0.2, 0.25) is 5.91 Å². The second kappa shape index (κ2) is 7.18. The number of benzene rings is 1. The predicted molar refractivity (Wildman–Crippen MR) is 91.3 cm³/mol. The minimum absolute atomic E-state index is 0.123. The third-order valence-electron chi connectivity index (χ3n) is 2.94. The summed E-state index contributed by atoms with van der Waals surface area (Å²) in [5.74, 6) is -0.123. The molecule has 2 rings (SSSR count). The molecule has 124 valence electrons. The number of aromatic nitrogens is 1. The zero-order valence-corrected chi connectivity index (χ0v) is 14.7. The van der Waals surface area contributed by atoms with Crippen LogP contribution in [0.1, 0.15) is 11.9 Å². The van der Waals surface area contributed by atoms with Crippen LogP contribution < -0.4 is 10.0 Å². The van der Waals surface area contributed by atoms with Gasteiger partial charge in [0.05, 0.1) is 12.2 Å². The Balaban J connectivity index is 2.06. The van der Waals surface area contributed by atoms with Crippen molar-refractivity contribution in [2.45, 2.75) is 13.5 Å². The van der Waals surface area contributed by atoms with Gasteiger partial charge in [0.15, 0.2) is 0 Å². The SMILES string of the molecule is CC(=O)Nc1ccc(-c2csc(CNS(=O)(=O)N(C)C)n2)cc1. The topological polar surface area (TPSA) is 91.4 Å². The van der Waals surface area contributed by atoms with Crippen molar-refractivity contribution >= 4 is 33.1 Å². The lowest BCUT2D eigenvalue weighted by atomic mass is 10.1. The first-order valence-corrected chi connectivity index (χ1v) is 9.09. The minimum atomic E-state index is -3.46. The molecule has 7 nitrogen and oxygen atoms in total. The summed E-state index contributed by atoms with van der Waals surface area (Å²) in [5.41, 5.74) is 2.39. The molecule has 0 spiro atoms. The van der Waals surface area contributed by atoms with Crippen molar-refractivity contribution in [2.24, 2.45) is 0 Å². The minimum Gasteiger partial charge on any atom is -0.326 e. The summed E-state index contributed by atoms with van der Waals surface area (Å²) in [6, 6.07) is 7.30. The van der Waals surface area contributed by atoms with Gasteiger partial charge in [0.1, 0.15) is 5.01 Å². The zero-order valence-electron chi connectivity index (χ0n) is 13.0. The number of nitrogens with one attached hydrogen (secondary N) is 2. The molecule has 0 aliphatic heterocycles. The summed E-state index contributed by atoms with van der Waals surface area (Å²) in [6.45, 7) is 1.60. The molecule has 0 fully saturated rings. The van der Waals surface area contributed by atoms with Crippen LogP contribution in [0.4, 0.5) is 5.69 Å². The van der Waals surface area contributed by atoms with Crippen LogP contribution in [0.2, 0.25) is 0 Å². The molecule has 0 aliphatic rings. The van der Waals surface area contributed by atoms with Crippen LogP contribution >= 0.6 is 11.3 Å². The average molecular weight is 354 g/mol. The van der Waals surface area contributed by atoms with Crippen molar-refractivity contribution < 1.29 is 13.2 Å². The number of hydrogen-bond donors (Lipinski definition) is 2. The first-order valence-electron chi connectivity index (χ1n) is 6.77. The van der Waals surface area contributed by atoms with Crippen molar-refractivity contribution in [1.29, 1.82) is 0 Å². The fourth-order valence-electron chi connectivity index (χ4n) is 1.73. The van der Waals surface area contributed by atoms with Crippen LogP contribution in [0.15, 0.2) is 29.6 Å². The fraction of sp³-hybridized carbons (Fsp3) is 0.286. The van der Waals surface area contributed by atoms with Crippen LogP contribution in [-0.2, 0) is 21.5 Å². The maximum atomic E-state index is 11.7. The highest BCUT2D eigenvalue weighted by molar-refractivity contribution is 7.87. The lowest BCUT2D eigenvalue weighted by Gasteiger charge is -2.10. The van der Waals surface area contributed by atoms with Gasteiger partial charge in [-0.25, -0.2) is 4.98 Å². The van der Waals surface area contributed by atoms with Crippen molar-refractivity contribution in [1.82, 2.24) is 14.0 Å². The number of carbonyl (C=O) groups excluding carboxylic acids is 1. The average Bonchev–Trinajstić information content (AvgIpc) is 2.94. The van der Waals surface area contributed by atoms with E-state index in [1.165, 1.54) is 32.4 Å². The third-order valence-corrected chi connectivity index (χ3v) is 5.26. The summed E-state index contributed by atoms with van der Waals surface area (Å²) >= 11 is 1.39. The van der Waals surface area contributed by atoms with Gasteiger partial charge in [-0.05, 0) is 12.1 Å². The Morgan fingerprint density at radius 2 is 1.91 bits per heavy atom. The molecular formula is C14H18N4O3S2. The summed E-state index contributed by atoms with van der Waals surface area (Å²) < 4.78 is 26.9. The molecule has 1 aromatic heterocycles. The molecule has 0 saturated carbocycles. The second-order valence-corrected chi connectivity index (χ2v) is 7.91. The summed E-state index contributed by atoms with van der Waals surface area (Å²) in [4.78, 5) is 15.4. The molecule has 9 heteroatoms. The van der Waals surface area contributed by atoms with Gasteiger partial charge < -0.3 is 5.32 Å². The highest BCUT2D eigenvalue weighted by atomic mass is 32.2. The Kier molecular flexibility index (Phi) is 5.47. The Morgan fingerprint density at radius 3 is 2.48 bits per heavy atom. The standard InChI is InChI=1S/C14H18N4O3S2/c1-10(19)16-12-6-4-11(5-7-12)13-9-22-14(17-13)8-15-23(20,21)18(2)3/h4-7,9,15H,8H2,1-3H3,(H,16,19). The highest BCUT2D eigenvalue weighted by Crippen LogP contribution is 2.23. The summed E-state index contributed by atoms with van der Waals surface area (Å²) in [5, 5.41) is 5.24. The van der Waals surface area contributed by atoms with E-state index in [2.05, 4.69) is 15.0 Å². The third kappa shape index (κ3) is 4.83. The number of nitrogens with zero attached hydrogens (tertiary/aromatic N) is 2. The van der Waals surface area contributed by atoms with Crippen LogP contribution in [0, 0.1) is 0 Å². The molecule has 0 saturated heterocycles. The maximum absolute atomic E-state index is 11.7. The van der Waals surface area contributed by atoms with E-state index in [1.54, 1.807) is 12.1 Å². The molecular weight excluding hydrogens is 336 g/mol. The number of anilines is 1. The van der Waals surface area contributed by atoms with Gasteiger partial charge in [-0.3, -0.25) is 4.79 Å². The lowest BCUT2D eigenvalue weighted by molar-refractivity contribution is -0.114. The summed E-state index contributed by atoms with van der Waals surface area (Å²) in [7, 11) is -0.530. The van der Waals surface area contributed by atoms with E-state index >= 15 is 0 Å². The van der Waals surface area contributed by atoms with Crippen LogP contribution in [0.25, 0.3) is 11.3 Å². The van der Waals surface area contributed by atoms with Gasteiger partial charge in [0, 0.05) is 37.6 Å². The van der Waals surface area contributed by atoms with Gasteiger partial charge in [-0.15, -0.1) is 11.3 Å². The van der Waals surface area contributed by atoms with E-state index in [4.69, 9.17) is 0 Å². The monoisotopic (exact) mass is 354 g/mol. The smallest absolute Gasteiger partial charge is 0.279 e. The van der Waals surface area contributed by atoms with Crippen molar-refractivity contribution in [3.8, 4) is 11.3 Å². The molecule has 1 amide bonds. The molecule has 0 radical (unpaired) electrons. The Morgan fingerprint density at radius 1 is 1.26 bits per heavy atom. The van der Waals surface area contributed by atoms with E-state index in [0.29, 0.717) is 5.01 Å².